The highest BCUT2D eigenvalue weighted by molar-refractivity contribution is 9.11. The highest BCUT2D eigenvalue weighted by Crippen LogP contribution is 2.33. The first-order chi connectivity index (χ1) is 8.47. The van der Waals surface area contributed by atoms with Gasteiger partial charge in [0.15, 0.2) is 5.82 Å². The second-order valence-corrected chi connectivity index (χ2v) is 6.28. The summed E-state index contributed by atoms with van der Waals surface area (Å²) in [6.07, 6.45) is 0. The molecule has 94 valence electrons. The molecule has 18 heavy (non-hydrogen) atoms. The molecule has 0 radical (unpaired) electrons. The molecule has 0 aliphatic carbocycles. The molecule has 1 aromatic heterocycles. The van der Waals surface area contributed by atoms with Gasteiger partial charge in [0.1, 0.15) is 5.15 Å². The number of rotatable bonds is 2. The minimum atomic E-state index is 0.205. The molecule has 2 aromatic rings. The fraction of sp³-hybridized carbons (Fsp3) is 0. The lowest BCUT2D eigenvalue weighted by atomic mass is 10.3. The molecule has 0 aliphatic heterocycles. The molecule has 1 heterocycles. The first-order valence-electron chi connectivity index (χ1n) is 4.71. The first-order valence-corrected chi connectivity index (χ1v) is 7.43. The molecule has 1 N–H and O–H groups in total. The number of pyridine rings is 1. The standard InChI is InChI=1S/C11H5Br2Cl3N2/c12-5-1-2-9(6(13)3-5)17-11-8(15)4-7(14)10(16)18-11/h1-4H,(H,17,18). The van der Waals surface area contributed by atoms with Crippen molar-refractivity contribution < 1.29 is 0 Å². The van der Waals surface area contributed by atoms with E-state index in [2.05, 4.69) is 42.2 Å². The molecule has 0 atom stereocenters. The van der Waals surface area contributed by atoms with E-state index in [0.717, 1.165) is 14.6 Å². The maximum absolute atomic E-state index is 6.04. The van der Waals surface area contributed by atoms with Crippen LogP contribution in [-0.2, 0) is 0 Å². The predicted octanol–water partition coefficient (Wildman–Crippen LogP) is 6.31. The summed E-state index contributed by atoms with van der Waals surface area (Å²) in [5.41, 5.74) is 0.825. The van der Waals surface area contributed by atoms with Crippen LogP contribution < -0.4 is 5.32 Å². The van der Waals surface area contributed by atoms with Crippen molar-refractivity contribution in [3.8, 4) is 0 Å². The van der Waals surface area contributed by atoms with Crippen molar-refractivity contribution in [3.63, 3.8) is 0 Å². The molecule has 2 rings (SSSR count). The van der Waals surface area contributed by atoms with Crippen LogP contribution in [0.5, 0.6) is 0 Å². The highest BCUT2D eigenvalue weighted by atomic mass is 79.9. The van der Waals surface area contributed by atoms with Crippen molar-refractivity contribution in [2.24, 2.45) is 0 Å². The van der Waals surface area contributed by atoms with Crippen molar-refractivity contribution in [1.29, 1.82) is 0 Å². The number of hydrogen-bond acceptors (Lipinski definition) is 2. The summed E-state index contributed by atoms with van der Waals surface area (Å²) in [7, 11) is 0. The zero-order chi connectivity index (χ0) is 13.3. The second-order valence-electron chi connectivity index (χ2n) is 3.34. The molecule has 0 aliphatic rings. The van der Waals surface area contributed by atoms with Crippen molar-refractivity contribution in [2.45, 2.75) is 0 Å². The maximum atomic E-state index is 6.04. The van der Waals surface area contributed by atoms with E-state index in [4.69, 9.17) is 34.8 Å². The first kappa shape index (κ1) is 14.4. The Balaban J connectivity index is 2.37. The second kappa shape index (κ2) is 5.97. The average molecular weight is 431 g/mol. The number of nitrogens with zero attached hydrogens (tertiary/aromatic N) is 1. The van der Waals surface area contributed by atoms with Gasteiger partial charge < -0.3 is 5.32 Å². The molecular weight excluding hydrogens is 426 g/mol. The molecule has 1 aromatic carbocycles. The van der Waals surface area contributed by atoms with E-state index in [1.54, 1.807) is 6.07 Å². The number of hydrogen-bond donors (Lipinski definition) is 1. The molecule has 7 heteroatoms. The molecule has 0 saturated carbocycles. The van der Waals surface area contributed by atoms with Crippen LogP contribution in [0.25, 0.3) is 0 Å². The van der Waals surface area contributed by atoms with E-state index >= 15 is 0 Å². The van der Waals surface area contributed by atoms with Crippen LogP contribution in [0, 0.1) is 0 Å². The Morgan fingerprint density at radius 2 is 1.72 bits per heavy atom. The lowest BCUT2D eigenvalue weighted by Crippen LogP contribution is -1.96. The SMILES string of the molecule is Clc1cc(Cl)c(Nc2ccc(Br)cc2Br)nc1Cl. The Labute approximate surface area is 136 Å². The van der Waals surface area contributed by atoms with Crippen LogP contribution in [0.2, 0.25) is 15.2 Å². The third kappa shape index (κ3) is 3.31. The molecule has 0 bridgehead atoms. The van der Waals surface area contributed by atoms with Crippen molar-refractivity contribution >= 4 is 78.2 Å². The minimum Gasteiger partial charge on any atom is -0.338 e. The summed E-state index contributed by atoms with van der Waals surface area (Å²) in [5, 5.41) is 4.01. The summed E-state index contributed by atoms with van der Waals surface area (Å²) in [4.78, 5) is 4.09. The van der Waals surface area contributed by atoms with Crippen LogP contribution >= 0.6 is 66.7 Å². The normalized spacial score (nSPS) is 10.5. The Morgan fingerprint density at radius 1 is 1.00 bits per heavy atom. The molecule has 2 nitrogen and oxygen atoms in total. The average Bonchev–Trinajstić information content (AvgIpc) is 2.29. The quantitative estimate of drug-likeness (QED) is 0.564. The fourth-order valence-corrected chi connectivity index (χ4v) is 2.94. The van der Waals surface area contributed by atoms with E-state index < -0.39 is 0 Å². The number of anilines is 2. The fourth-order valence-electron chi connectivity index (χ4n) is 1.25. The van der Waals surface area contributed by atoms with Crippen LogP contribution in [0.4, 0.5) is 11.5 Å². The molecular formula is C11H5Br2Cl3N2. The van der Waals surface area contributed by atoms with E-state index in [0.29, 0.717) is 15.9 Å². The Bertz CT molecular complexity index is 605. The maximum Gasteiger partial charge on any atom is 0.151 e. The topological polar surface area (TPSA) is 24.9 Å². The van der Waals surface area contributed by atoms with Gasteiger partial charge in [-0.2, -0.15) is 0 Å². The summed E-state index contributed by atoms with van der Waals surface area (Å²) in [6.45, 7) is 0. The smallest absolute Gasteiger partial charge is 0.151 e. The Hall–Kier alpha value is -0.000000000000000111. The van der Waals surface area contributed by atoms with Crippen molar-refractivity contribution in [2.75, 3.05) is 5.32 Å². The van der Waals surface area contributed by atoms with Gasteiger partial charge >= 0.3 is 0 Å². The number of nitrogens with one attached hydrogen (secondary N) is 1. The van der Waals surface area contributed by atoms with Crippen molar-refractivity contribution in [1.82, 2.24) is 4.98 Å². The third-order valence-electron chi connectivity index (χ3n) is 2.07. The van der Waals surface area contributed by atoms with Crippen LogP contribution in [-0.4, -0.2) is 4.98 Å². The molecule has 0 fully saturated rings. The number of halogens is 5. The largest absolute Gasteiger partial charge is 0.338 e. The zero-order valence-corrected chi connectivity index (χ0v) is 14.1. The van der Waals surface area contributed by atoms with Crippen molar-refractivity contribution in [3.05, 3.63) is 48.4 Å². The molecule has 0 unspecified atom stereocenters. The predicted molar refractivity (Wildman–Crippen MR) is 84.4 cm³/mol. The molecule has 0 saturated heterocycles. The Kier molecular flexibility index (Phi) is 4.78. The van der Waals surface area contributed by atoms with E-state index in [1.165, 1.54) is 0 Å². The molecule has 0 spiro atoms. The van der Waals surface area contributed by atoms with E-state index in [9.17, 15) is 0 Å². The van der Waals surface area contributed by atoms with Gasteiger partial charge in [0.25, 0.3) is 0 Å². The Morgan fingerprint density at radius 3 is 2.39 bits per heavy atom. The summed E-state index contributed by atoms with van der Waals surface area (Å²) < 4.78 is 1.84. The van der Waals surface area contributed by atoms with E-state index in [-0.39, 0.29) is 5.15 Å². The van der Waals surface area contributed by atoms with Gasteiger partial charge in [0.2, 0.25) is 0 Å². The number of benzene rings is 1. The van der Waals surface area contributed by atoms with Gasteiger partial charge in [-0.25, -0.2) is 4.98 Å². The zero-order valence-electron chi connectivity index (χ0n) is 8.65. The molecule has 0 amide bonds. The summed E-state index contributed by atoms with van der Waals surface area (Å²) in [5.74, 6) is 0.453. The third-order valence-corrected chi connectivity index (χ3v) is 4.18. The van der Waals surface area contributed by atoms with Gasteiger partial charge in [-0.3, -0.25) is 0 Å². The number of aromatic nitrogens is 1. The summed E-state index contributed by atoms with van der Waals surface area (Å²) >= 11 is 24.5. The highest BCUT2D eigenvalue weighted by Gasteiger charge is 2.09. The van der Waals surface area contributed by atoms with Gasteiger partial charge in [-0.1, -0.05) is 50.7 Å². The van der Waals surface area contributed by atoms with Gasteiger partial charge in [0, 0.05) is 8.95 Å². The lowest BCUT2D eigenvalue weighted by Gasteiger charge is -2.10. The van der Waals surface area contributed by atoms with Crippen LogP contribution in [0.3, 0.4) is 0 Å². The minimum absolute atomic E-state index is 0.205. The lowest BCUT2D eigenvalue weighted by molar-refractivity contribution is 1.30. The van der Waals surface area contributed by atoms with Crippen LogP contribution in [0.15, 0.2) is 33.2 Å². The van der Waals surface area contributed by atoms with Gasteiger partial charge in [-0.15, -0.1) is 0 Å². The van der Waals surface area contributed by atoms with Crippen LogP contribution in [0.1, 0.15) is 0 Å². The summed E-state index contributed by atoms with van der Waals surface area (Å²) in [6, 6.07) is 7.24. The monoisotopic (exact) mass is 428 g/mol. The van der Waals surface area contributed by atoms with E-state index in [1.807, 2.05) is 18.2 Å². The van der Waals surface area contributed by atoms with Gasteiger partial charge in [-0.05, 0) is 40.2 Å². The van der Waals surface area contributed by atoms with Gasteiger partial charge in [0.05, 0.1) is 15.7 Å².